The number of hydrogen-bond donors (Lipinski definition) is 0. The lowest BCUT2D eigenvalue weighted by atomic mass is 9.63. The van der Waals surface area contributed by atoms with Gasteiger partial charge < -0.3 is 4.74 Å². The van der Waals surface area contributed by atoms with Gasteiger partial charge in [-0.2, -0.15) is 0 Å². The van der Waals surface area contributed by atoms with Crippen molar-refractivity contribution in [1.82, 2.24) is 0 Å². The first kappa shape index (κ1) is 17.5. The lowest BCUT2D eigenvalue weighted by Crippen LogP contribution is -2.47. The van der Waals surface area contributed by atoms with Gasteiger partial charge >= 0.3 is 5.97 Å². The molecule has 1 rings (SSSR count). The number of rotatable bonds is 6. The lowest BCUT2D eigenvalue weighted by Gasteiger charge is -2.45. The van der Waals surface area contributed by atoms with Gasteiger partial charge in [0, 0.05) is 0 Å². The van der Waals surface area contributed by atoms with E-state index in [2.05, 4.69) is 41.5 Å². The van der Waals surface area contributed by atoms with Crippen LogP contribution in [-0.2, 0) is 9.53 Å². The van der Waals surface area contributed by atoms with Crippen LogP contribution in [0.4, 0.5) is 0 Å². The Morgan fingerprint density at radius 3 is 1.90 bits per heavy atom. The first-order valence-corrected chi connectivity index (χ1v) is 8.50. The van der Waals surface area contributed by atoms with Crippen molar-refractivity contribution in [1.29, 1.82) is 0 Å². The molecule has 0 heterocycles. The Labute approximate surface area is 125 Å². The van der Waals surface area contributed by atoms with Gasteiger partial charge in [0.2, 0.25) is 0 Å². The molecule has 20 heavy (non-hydrogen) atoms. The van der Waals surface area contributed by atoms with Gasteiger partial charge in [0.1, 0.15) is 5.60 Å². The van der Waals surface area contributed by atoms with Crippen LogP contribution in [0.2, 0.25) is 0 Å². The SMILES string of the molecule is CCC1(OC(=O)C(C)(C)C(C)(CC)CC)CCCCC1. The van der Waals surface area contributed by atoms with Crippen molar-refractivity contribution in [2.24, 2.45) is 10.8 Å². The van der Waals surface area contributed by atoms with E-state index in [1.54, 1.807) is 0 Å². The normalized spacial score (nSPS) is 19.7. The van der Waals surface area contributed by atoms with E-state index in [0.29, 0.717) is 0 Å². The van der Waals surface area contributed by atoms with E-state index in [4.69, 9.17) is 4.74 Å². The first-order chi connectivity index (χ1) is 9.27. The van der Waals surface area contributed by atoms with Crippen LogP contribution < -0.4 is 0 Å². The van der Waals surface area contributed by atoms with Crippen molar-refractivity contribution in [2.45, 2.75) is 98.5 Å². The highest BCUT2D eigenvalue weighted by molar-refractivity contribution is 5.77. The van der Waals surface area contributed by atoms with Crippen LogP contribution >= 0.6 is 0 Å². The molecule has 1 fully saturated rings. The van der Waals surface area contributed by atoms with Crippen molar-refractivity contribution < 1.29 is 9.53 Å². The molecule has 118 valence electrons. The molecule has 0 atom stereocenters. The quantitative estimate of drug-likeness (QED) is 0.602. The summed E-state index contributed by atoms with van der Waals surface area (Å²) >= 11 is 0. The van der Waals surface area contributed by atoms with Crippen molar-refractivity contribution in [3.63, 3.8) is 0 Å². The van der Waals surface area contributed by atoms with E-state index < -0.39 is 5.41 Å². The Morgan fingerprint density at radius 1 is 1.00 bits per heavy atom. The van der Waals surface area contributed by atoms with Crippen LogP contribution in [0.15, 0.2) is 0 Å². The van der Waals surface area contributed by atoms with Gasteiger partial charge in [-0.1, -0.05) is 34.1 Å². The topological polar surface area (TPSA) is 26.3 Å². The van der Waals surface area contributed by atoms with Crippen molar-refractivity contribution in [3.8, 4) is 0 Å². The number of carbonyl (C=O) groups is 1. The maximum atomic E-state index is 12.8. The number of carbonyl (C=O) groups excluding carboxylic acids is 1. The zero-order valence-electron chi connectivity index (χ0n) is 14.5. The van der Waals surface area contributed by atoms with Crippen molar-refractivity contribution in [2.75, 3.05) is 0 Å². The molecule has 0 saturated heterocycles. The molecule has 0 aromatic heterocycles. The molecule has 2 nitrogen and oxygen atoms in total. The number of hydrogen-bond acceptors (Lipinski definition) is 2. The second kappa shape index (κ2) is 6.49. The summed E-state index contributed by atoms with van der Waals surface area (Å²) in [5.74, 6) is 0.00690. The summed E-state index contributed by atoms with van der Waals surface area (Å²) in [5.41, 5.74) is -0.598. The van der Waals surface area contributed by atoms with E-state index in [-0.39, 0.29) is 17.0 Å². The minimum atomic E-state index is -0.421. The Hall–Kier alpha value is -0.530. The summed E-state index contributed by atoms with van der Waals surface area (Å²) in [4.78, 5) is 12.8. The third kappa shape index (κ3) is 3.20. The minimum Gasteiger partial charge on any atom is -0.459 e. The average molecular weight is 282 g/mol. The molecule has 0 amide bonds. The fourth-order valence-corrected chi connectivity index (χ4v) is 3.43. The van der Waals surface area contributed by atoms with E-state index >= 15 is 0 Å². The van der Waals surface area contributed by atoms with E-state index in [1.807, 2.05) is 0 Å². The van der Waals surface area contributed by atoms with Crippen LogP contribution in [-0.4, -0.2) is 11.6 Å². The van der Waals surface area contributed by atoms with Gasteiger partial charge in [-0.3, -0.25) is 4.79 Å². The molecule has 0 unspecified atom stereocenters. The van der Waals surface area contributed by atoms with Gasteiger partial charge in [0.25, 0.3) is 0 Å². The van der Waals surface area contributed by atoms with E-state index in [1.165, 1.54) is 19.3 Å². The summed E-state index contributed by atoms with van der Waals surface area (Å²) in [6, 6.07) is 0. The molecule has 2 heteroatoms. The molecule has 0 N–H and O–H groups in total. The maximum Gasteiger partial charge on any atom is 0.312 e. The largest absolute Gasteiger partial charge is 0.459 e. The zero-order valence-corrected chi connectivity index (χ0v) is 14.5. The molecule has 0 aliphatic heterocycles. The van der Waals surface area contributed by atoms with Crippen molar-refractivity contribution in [3.05, 3.63) is 0 Å². The Balaban J connectivity index is 2.88. The molecule has 1 saturated carbocycles. The summed E-state index contributed by atoms with van der Waals surface area (Å²) < 4.78 is 6.10. The van der Waals surface area contributed by atoms with E-state index in [0.717, 1.165) is 32.1 Å². The Morgan fingerprint density at radius 2 is 1.50 bits per heavy atom. The number of esters is 1. The molecule has 0 bridgehead atoms. The Bertz CT molecular complexity index is 320. The zero-order chi connectivity index (χ0) is 15.4. The highest BCUT2D eigenvalue weighted by Crippen LogP contribution is 2.47. The lowest BCUT2D eigenvalue weighted by molar-refractivity contribution is -0.182. The van der Waals surface area contributed by atoms with Crippen LogP contribution in [0.25, 0.3) is 0 Å². The number of ether oxygens (including phenoxy) is 1. The Kier molecular flexibility index (Phi) is 5.69. The molecular formula is C18H34O2. The molecule has 1 aliphatic carbocycles. The highest BCUT2D eigenvalue weighted by Gasteiger charge is 2.47. The molecule has 0 spiro atoms. The molecule has 1 aliphatic rings. The fourth-order valence-electron chi connectivity index (χ4n) is 3.43. The second-order valence-corrected chi connectivity index (χ2v) is 7.38. The van der Waals surface area contributed by atoms with Gasteiger partial charge in [-0.05, 0) is 64.2 Å². The summed E-state index contributed by atoms with van der Waals surface area (Å²) in [6.45, 7) is 12.9. The second-order valence-electron chi connectivity index (χ2n) is 7.38. The monoisotopic (exact) mass is 282 g/mol. The van der Waals surface area contributed by atoms with Gasteiger partial charge in [0.05, 0.1) is 5.41 Å². The third-order valence-corrected chi connectivity index (χ3v) is 6.30. The highest BCUT2D eigenvalue weighted by atomic mass is 16.6. The standard InChI is InChI=1S/C18H34O2/c1-7-17(6,8-2)16(4,5)15(19)20-18(9-3)13-11-10-12-14-18/h7-14H2,1-6H3. The average Bonchev–Trinajstić information content (AvgIpc) is 2.46. The van der Waals surface area contributed by atoms with Crippen LogP contribution in [0, 0.1) is 10.8 Å². The van der Waals surface area contributed by atoms with Crippen LogP contribution in [0.5, 0.6) is 0 Å². The predicted octanol–water partition coefficient (Wildman–Crippen LogP) is 5.50. The van der Waals surface area contributed by atoms with Crippen molar-refractivity contribution >= 4 is 5.97 Å². The van der Waals surface area contributed by atoms with Gasteiger partial charge in [-0.25, -0.2) is 0 Å². The fraction of sp³-hybridized carbons (Fsp3) is 0.944. The summed E-state index contributed by atoms with van der Waals surface area (Å²) in [6.07, 6.45) is 8.71. The van der Waals surface area contributed by atoms with Gasteiger partial charge in [-0.15, -0.1) is 0 Å². The predicted molar refractivity (Wildman–Crippen MR) is 84.7 cm³/mol. The summed E-state index contributed by atoms with van der Waals surface area (Å²) in [7, 11) is 0. The molecule has 0 aromatic carbocycles. The molecular weight excluding hydrogens is 248 g/mol. The molecule has 0 aromatic rings. The van der Waals surface area contributed by atoms with E-state index in [9.17, 15) is 4.79 Å². The smallest absolute Gasteiger partial charge is 0.312 e. The molecule has 0 radical (unpaired) electrons. The summed E-state index contributed by atoms with van der Waals surface area (Å²) in [5, 5.41) is 0. The minimum absolute atomic E-state index is 0.00690. The van der Waals surface area contributed by atoms with Crippen LogP contribution in [0.3, 0.4) is 0 Å². The van der Waals surface area contributed by atoms with Gasteiger partial charge in [0.15, 0.2) is 0 Å². The maximum absolute atomic E-state index is 12.8. The first-order valence-electron chi connectivity index (χ1n) is 8.50. The third-order valence-electron chi connectivity index (χ3n) is 6.30. The van der Waals surface area contributed by atoms with Crippen LogP contribution in [0.1, 0.15) is 92.9 Å².